The molecule has 4 nitrogen and oxygen atoms in total. The molecule has 1 aromatic carbocycles. The normalized spacial score (nSPS) is 13.7. The van der Waals surface area contributed by atoms with E-state index in [1.54, 1.807) is 7.11 Å². The van der Waals surface area contributed by atoms with Crippen LogP contribution < -0.4 is 15.4 Å². The molecule has 0 aliphatic heterocycles. The molecule has 0 aromatic heterocycles. The van der Waals surface area contributed by atoms with Gasteiger partial charge < -0.3 is 10.1 Å². The van der Waals surface area contributed by atoms with E-state index >= 15 is 0 Å². The monoisotopic (exact) mass is 264 g/mol. The summed E-state index contributed by atoms with van der Waals surface area (Å²) in [5.41, 5.74) is 1.17. The molecule has 0 saturated heterocycles. The highest BCUT2D eigenvalue weighted by atomic mass is 16.5. The average Bonchev–Trinajstić information content (AvgIpc) is 2.45. The van der Waals surface area contributed by atoms with Crippen LogP contribution in [0.5, 0.6) is 5.75 Å². The van der Waals surface area contributed by atoms with Gasteiger partial charge in [0.25, 0.3) is 0 Å². The van der Waals surface area contributed by atoms with Crippen molar-refractivity contribution in [3.8, 4) is 5.75 Å². The summed E-state index contributed by atoms with van der Waals surface area (Å²) in [6, 6.07) is 7.91. The third-order valence-corrected chi connectivity index (χ3v) is 3.12. The van der Waals surface area contributed by atoms with Gasteiger partial charge in [0, 0.05) is 12.6 Å². The Hall–Kier alpha value is -1.55. The minimum atomic E-state index is -0.202. The van der Waals surface area contributed by atoms with Gasteiger partial charge in [-0.2, -0.15) is 0 Å². The van der Waals surface area contributed by atoms with Crippen LogP contribution in [0, 0.1) is 0 Å². The summed E-state index contributed by atoms with van der Waals surface area (Å²) in [6.07, 6.45) is 0.927. The summed E-state index contributed by atoms with van der Waals surface area (Å²) < 4.78 is 5.15. The van der Waals surface area contributed by atoms with Crippen LogP contribution in [0.2, 0.25) is 0 Å². The molecule has 0 heterocycles. The van der Waals surface area contributed by atoms with E-state index in [1.165, 1.54) is 5.56 Å². The van der Waals surface area contributed by atoms with Gasteiger partial charge in [-0.15, -0.1) is 0 Å². The second-order valence-electron chi connectivity index (χ2n) is 4.52. The number of carbonyl (C=O) groups is 1. The van der Waals surface area contributed by atoms with Crippen LogP contribution in [0.4, 0.5) is 0 Å². The maximum absolute atomic E-state index is 11.7. The summed E-state index contributed by atoms with van der Waals surface area (Å²) in [5.74, 6) is 0.879. The summed E-state index contributed by atoms with van der Waals surface area (Å²) in [4.78, 5) is 11.7. The molecule has 0 bridgehead atoms. The number of ether oxygens (including phenoxy) is 1. The number of hydrogen-bond acceptors (Lipinski definition) is 3. The molecule has 0 spiro atoms. The van der Waals surface area contributed by atoms with Gasteiger partial charge in [-0.25, -0.2) is 0 Å². The van der Waals surface area contributed by atoms with Crippen molar-refractivity contribution in [2.45, 2.75) is 39.3 Å². The van der Waals surface area contributed by atoms with Crippen molar-refractivity contribution in [1.29, 1.82) is 0 Å². The Morgan fingerprint density at radius 3 is 2.37 bits per heavy atom. The van der Waals surface area contributed by atoms with E-state index in [1.807, 2.05) is 38.1 Å². The fourth-order valence-electron chi connectivity index (χ4n) is 1.99. The second kappa shape index (κ2) is 7.79. The number of nitrogens with one attached hydrogen (secondary N) is 2. The van der Waals surface area contributed by atoms with Crippen LogP contribution in [-0.4, -0.2) is 25.6 Å². The summed E-state index contributed by atoms with van der Waals surface area (Å²) in [6.45, 7) is 6.57. The first-order valence-electron chi connectivity index (χ1n) is 6.80. The van der Waals surface area contributed by atoms with Gasteiger partial charge in [-0.1, -0.05) is 19.1 Å². The largest absolute Gasteiger partial charge is 0.497 e. The molecule has 2 N–H and O–H groups in total. The Bertz CT molecular complexity index is 390. The highest BCUT2D eigenvalue weighted by Gasteiger charge is 2.17. The number of methoxy groups -OCH3 is 1. The Morgan fingerprint density at radius 1 is 1.26 bits per heavy atom. The molecule has 106 valence electrons. The van der Waals surface area contributed by atoms with Crippen molar-refractivity contribution in [2.75, 3.05) is 13.7 Å². The van der Waals surface area contributed by atoms with E-state index in [4.69, 9.17) is 4.74 Å². The topological polar surface area (TPSA) is 50.4 Å². The summed E-state index contributed by atoms with van der Waals surface area (Å²) in [7, 11) is 1.65. The van der Waals surface area contributed by atoms with Gasteiger partial charge >= 0.3 is 0 Å². The highest BCUT2D eigenvalue weighted by Crippen LogP contribution is 2.20. The predicted octanol–water partition coefficient (Wildman–Crippen LogP) is 2.26. The van der Waals surface area contributed by atoms with Crippen LogP contribution >= 0.6 is 0 Å². The fraction of sp³-hybridized carbons (Fsp3) is 0.533. The van der Waals surface area contributed by atoms with E-state index in [0.29, 0.717) is 6.54 Å². The molecule has 4 heteroatoms. The predicted molar refractivity (Wildman–Crippen MR) is 77.3 cm³/mol. The number of hydrogen-bond donors (Lipinski definition) is 2. The van der Waals surface area contributed by atoms with Crippen LogP contribution in [0.15, 0.2) is 24.3 Å². The van der Waals surface area contributed by atoms with Gasteiger partial charge in [-0.3, -0.25) is 10.1 Å². The molecule has 1 aromatic rings. The number of amides is 1. The summed E-state index contributed by atoms with van der Waals surface area (Å²) >= 11 is 0. The zero-order valence-corrected chi connectivity index (χ0v) is 12.2. The second-order valence-corrected chi connectivity index (χ2v) is 4.52. The molecular formula is C15H24N2O2. The van der Waals surface area contributed by atoms with E-state index in [0.717, 1.165) is 12.2 Å². The molecule has 1 amide bonds. The van der Waals surface area contributed by atoms with E-state index < -0.39 is 0 Å². The fourth-order valence-corrected chi connectivity index (χ4v) is 1.99. The molecule has 19 heavy (non-hydrogen) atoms. The maximum Gasteiger partial charge on any atom is 0.236 e. The zero-order valence-electron chi connectivity index (χ0n) is 12.2. The number of carbonyl (C=O) groups excluding carboxylic acids is 1. The highest BCUT2D eigenvalue weighted by molar-refractivity contribution is 5.81. The minimum absolute atomic E-state index is 0.0365. The third-order valence-electron chi connectivity index (χ3n) is 3.12. The standard InChI is InChI=1S/C15H24N2O2/c1-5-14(17-11(3)15(18)16-6-2)12-7-9-13(19-4)10-8-12/h7-11,14,17H,5-6H2,1-4H3,(H,16,18)/t11-,14-/m0/s1. The van der Waals surface area contributed by atoms with Crippen LogP contribution in [0.1, 0.15) is 38.8 Å². The van der Waals surface area contributed by atoms with Gasteiger partial charge in [0.2, 0.25) is 5.91 Å². The smallest absolute Gasteiger partial charge is 0.236 e. The van der Waals surface area contributed by atoms with Crippen molar-refractivity contribution in [3.05, 3.63) is 29.8 Å². The third kappa shape index (κ3) is 4.56. The van der Waals surface area contributed by atoms with Crippen molar-refractivity contribution in [1.82, 2.24) is 10.6 Å². The first-order valence-corrected chi connectivity index (χ1v) is 6.80. The average molecular weight is 264 g/mol. The van der Waals surface area contributed by atoms with Crippen molar-refractivity contribution >= 4 is 5.91 Å². The van der Waals surface area contributed by atoms with E-state index in [-0.39, 0.29) is 18.0 Å². The molecular weight excluding hydrogens is 240 g/mol. The molecule has 0 fully saturated rings. The Balaban J connectivity index is 2.68. The SMILES string of the molecule is CCNC(=O)[C@H](C)N[C@@H](CC)c1ccc(OC)cc1. The lowest BCUT2D eigenvalue weighted by atomic mass is 10.0. The lowest BCUT2D eigenvalue weighted by molar-refractivity contribution is -0.122. The summed E-state index contributed by atoms with van der Waals surface area (Å²) in [5, 5.41) is 6.18. The lowest BCUT2D eigenvalue weighted by Crippen LogP contribution is -2.43. The van der Waals surface area contributed by atoms with Crippen molar-refractivity contribution in [3.63, 3.8) is 0 Å². The molecule has 1 rings (SSSR count). The van der Waals surface area contributed by atoms with Gasteiger partial charge in [0.05, 0.1) is 13.2 Å². The van der Waals surface area contributed by atoms with Crippen LogP contribution in [0.3, 0.4) is 0 Å². The van der Waals surface area contributed by atoms with E-state index in [2.05, 4.69) is 17.6 Å². The number of rotatable bonds is 7. The lowest BCUT2D eigenvalue weighted by Gasteiger charge is -2.22. The quantitative estimate of drug-likeness (QED) is 0.794. The van der Waals surface area contributed by atoms with Crippen molar-refractivity contribution < 1.29 is 9.53 Å². The molecule has 0 radical (unpaired) electrons. The molecule has 0 aliphatic rings. The Labute approximate surface area is 115 Å². The molecule has 0 unspecified atom stereocenters. The van der Waals surface area contributed by atoms with Crippen molar-refractivity contribution in [2.24, 2.45) is 0 Å². The molecule has 0 saturated carbocycles. The zero-order chi connectivity index (χ0) is 14.3. The first kappa shape index (κ1) is 15.5. The number of benzene rings is 1. The molecule has 2 atom stereocenters. The maximum atomic E-state index is 11.7. The minimum Gasteiger partial charge on any atom is -0.497 e. The number of likely N-dealkylation sites (N-methyl/N-ethyl adjacent to an activating group) is 1. The Morgan fingerprint density at radius 2 is 1.89 bits per heavy atom. The van der Waals surface area contributed by atoms with Gasteiger partial charge in [0.1, 0.15) is 5.75 Å². The first-order chi connectivity index (χ1) is 9.12. The van der Waals surface area contributed by atoms with Gasteiger partial charge in [0.15, 0.2) is 0 Å². The molecule has 0 aliphatic carbocycles. The Kier molecular flexibility index (Phi) is 6.36. The van der Waals surface area contributed by atoms with Gasteiger partial charge in [-0.05, 0) is 38.0 Å². The van der Waals surface area contributed by atoms with Crippen LogP contribution in [-0.2, 0) is 4.79 Å². The van der Waals surface area contributed by atoms with E-state index in [9.17, 15) is 4.79 Å². The van der Waals surface area contributed by atoms with Crippen LogP contribution in [0.25, 0.3) is 0 Å².